The smallest absolute Gasteiger partial charge is 0.223 e. The van der Waals surface area contributed by atoms with E-state index in [0.29, 0.717) is 11.8 Å². The molecular weight excluding hydrogens is 304 g/mol. The third-order valence-electron chi connectivity index (χ3n) is 6.35. The molecule has 3 aliphatic rings. The molecule has 1 saturated heterocycles. The van der Waals surface area contributed by atoms with Crippen molar-refractivity contribution in [1.29, 1.82) is 0 Å². The second kappa shape index (κ2) is 6.67. The lowest BCUT2D eigenvalue weighted by molar-refractivity contribution is -0.127. The fourth-order valence-electron chi connectivity index (χ4n) is 5.01. The molecule has 3 fully saturated rings. The van der Waals surface area contributed by atoms with Crippen molar-refractivity contribution in [3.05, 3.63) is 18.6 Å². The fraction of sp³-hybridized carbons (Fsp3) is 0.722. The number of nitrogens with zero attached hydrogens (tertiary/aromatic N) is 3. The summed E-state index contributed by atoms with van der Waals surface area (Å²) in [6.45, 7) is 1.89. The lowest BCUT2D eigenvalue weighted by atomic mass is 9.84. The fourth-order valence-corrected chi connectivity index (χ4v) is 5.01. The minimum Gasteiger partial charge on any atom is -0.396 e. The van der Waals surface area contributed by atoms with Gasteiger partial charge in [0.1, 0.15) is 5.82 Å². The average molecular weight is 330 g/mol. The van der Waals surface area contributed by atoms with Crippen molar-refractivity contribution in [3.8, 4) is 0 Å². The van der Waals surface area contributed by atoms with Crippen LogP contribution in [-0.4, -0.2) is 46.7 Å². The number of amides is 1. The van der Waals surface area contributed by atoms with Gasteiger partial charge in [0.05, 0.1) is 6.20 Å². The van der Waals surface area contributed by atoms with E-state index in [9.17, 15) is 9.90 Å². The zero-order valence-corrected chi connectivity index (χ0v) is 14.0. The van der Waals surface area contributed by atoms with Crippen LogP contribution < -0.4 is 10.2 Å². The summed E-state index contributed by atoms with van der Waals surface area (Å²) in [6.07, 6.45) is 10.5. The molecule has 0 radical (unpaired) electrons. The van der Waals surface area contributed by atoms with Gasteiger partial charge in [0.2, 0.25) is 5.91 Å². The molecule has 4 atom stereocenters. The maximum absolute atomic E-state index is 12.7. The monoisotopic (exact) mass is 330 g/mol. The van der Waals surface area contributed by atoms with Crippen LogP contribution in [0.1, 0.15) is 32.1 Å². The highest BCUT2D eigenvalue weighted by atomic mass is 16.3. The Morgan fingerprint density at radius 3 is 2.71 bits per heavy atom. The predicted molar refractivity (Wildman–Crippen MR) is 90.3 cm³/mol. The molecule has 4 rings (SSSR count). The molecule has 6 heteroatoms. The van der Waals surface area contributed by atoms with Gasteiger partial charge in [0.15, 0.2) is 0 Å². The summed E-state index contributed by atoms with van der Waals surface area (Å²) in [7, 11) is 0. The second-order valence-corrected chi connectivity index (χ2v) is 7.54. The number of anilines is 1. The minimum absolute atomic E-state index is 0.0800. The summed E-state index contributed by atoms with van der Waals surface area (Å²) >= 11 is 0. The van der Waals surface area contributed by atoms with E-state index in [4.69, 9.17) is 0 Å². The molecule has 2 saturated carbocycles. The van der Waals surface area contributed by atoms with Gasteiger partial charge in [0.25, 0.3) is 0 Å². The summed E-state index contributed by atoms with van der Waals surface area (Å²) < 4.78 is 0. The summed E-state index contributed by atoms with van der Waals surface area (Å²) in [5.74, 6) is 2.62. The van der Waals surface area contributed by atoms with Gasteiger partial charge in [-0.3, -0.25) is 9.78 Å². The first-order valence-electron chi connectivity index (χ1n) is 9.18. The Hall–Kier alpha value is -1.69. The van der Waals surface area contributed by atoms with Crippen LogP contribution in [0.5, 0.6) is 0 Å². The van der Waals surface area contributed by atoms with E-state index in [1.165, 1.54) is 19.3 Å². The van der Waals surface area contributed by atoms with E-state index in [2.05, 4.69) is 20.2 Å². The molecule has 1 amide bonds. The van der Waals surface area contributed by atoms with E-state index in [1.807, 2.05) is 0 Å². The van der Waals surface area contributed by atoms with Crippen molar-refractivity contribution in [3.63, 3.8) is 0 Å². The lowest BCUT2D eigenvalue weighted by Gasteiger charge is -2.35. The minimum atomic E-state index is 0.0800. The van der Waals surface area contributed by atoms with E-state index < -0.39 is 0 Å². The number of nitrogens with one attached hydrogen (secondary N) is 1. The third-order valence-corrected chi connectivity index (χ3v) is 6.35. The Morgan fingerprint density at radius 2 is 2.00 bits per heavy atom. The van der Waals surface area contributed by atoms with Crippen LogP contribution in [0.15, 0.2) is 18.6 Å². The number of carbonyl (C=O) groups is 1. The van der Waals surface area contributed by atoms with Crippen LogP contribution in [0, 0.1) is 23.7 Å². The number of carbonyl (C=O) groups excluding carboxylic acids is 1. The van der Waals surface area contributed by atoms with Gasteiger partial charge in [-0.05, 0) is 43.9 Å². The van der Waals surface area contributed by atoms with Gasteiger partial charge >= 0.3 is 0 Å². The molecule has 24 heavy (non-hydrogen) atoms. The van der Waals surface area contributed by atoms with Crippen molar-refractivity contribution in [1.82, 2.24) is 15.3 Å². The van der Waals surface area contributed by atoms with Crippen LogP contribution in [0.25, 0.3) is 0 Å². The Bertz CT molecular complexity index is 574. The van der Waals surface area contributed by atoms with Crippen molar-refractivity contribution in [2.24, 2.45) is 23.7 Å². The van der Waals surface area contributed by atoms with Crippen LogP contribution in [0.4, 0.5) is 5.82 Å². The lowest BCUT2D eigenvalue weighted by Crippen LogP contribution is -2.49. The summed E-state index contributed by atoms with van der Waals surface area (Å²) in [4.78, 5) is 23.3. The maximum Gasteiger partial charge on any atom is 0.223 e. The quantitative estimate of drug-likeness (QED) is 0.868. The van der Waals surface area contributed by atoms with Crippen LogP contribution in [-0.2, 0) is 4.79 Å². The molecule has 4 unspecified atom stereocenters. The summed E-state index contributed by atoms with van der Waals surface area (Å²) in [5, 5.41) is 13.0. The third kappa shape index (κ3) is 2.88. The van der Waals surface area contributed by atoms with Gasteiger partial charge < -0.3 is 15.3 Å². The number of hydrogen-bond donors (Lipinski definition) is 2. The van der Waals surface area contributed by atoms with Crippen LogP contribution in [0.2, 0.25) is 0 Å². The topological polar surface area (TPSA) is 78.4 Å². The number of piperidine rings is 1. The molecule has 2 N–H and O–H groups in total. The number of rotatable bonds is 4. The van der Waals surface area contributed by atoms with Gasteiger partial charge in [0, 0.05) is 50.0 Å². The SMILES string of the molecule is O=C(NC1C2CCC(C2)C1CO)C1CCN(c2cnccn2)CC1. The van der Waals surface area contributed by atoms with Gasteiger partial charge in [-0.2, -0.15) is 0 Å². The number of aliphatic hydroxyl groups excluding tert-OH is 1. The highest BCUT2D eigenvalue weighted by Gasteiger charge is 2.48. The number of aliphatic hydroxyl groups is 1. The molecule has 1 aromatic heterocycles. The van der Waals surface area contributed by atoms with Gasteiger partial charge in [-0.1, -0.05) is 0 Å². The van der Waals surface area contributed by atoms with E-state index in [0.717, 1.165) is 31.7 Å². The first-order chi connectivity index (χ1) is 11.8. The van der Waals surface area contributed by atoms with Crippen LogP contribution in [0.3, 0.4) is 0 Å². The van der Waals surface area contributed by atoms with E-state index >= 15 is 0 Å². The highest BCUT2D eigenvalue weighted by Crippen LogP contribution is 2.48. The molecule has 2 aliphatic carbocycles. The Labute approximate surface area is 142 Å². The number of aromatic nitrogens is 2. The second-order valence-electron chi connectivity index (χ2n) is 7.54. The molecule has 1 aromatic rings. The zero-order chi connectivity index (χ0) is 16.5. The predicted octanol–water partition coefficient (Wildman–Crippen LogP) is 1.22. The Balaban J connectivity index is 1.32. The molecule has 2 bridgehead atoms. The standard InChI is InChI=1S/C18H26N4O2/c23-11-15-13-1-2-14(9-13)17(15)21-18(24)12-3-7-22(8-4-12)16-10-19-5-6-20-16/h5-6,10,12-15,17,23H,1-4,7-9,11H2,(H,21,24). The van der Waals surface area contributed by atoms with E-state index in [1.54, 1.807) is 18.6 Å². The molecule has 1 aliphatic heterocycles. The first-order valence-corrected chi connectivity index (χ1v) is 9.18. The van der Waals surface area contributed by atoms with Crippen LogP contribution >= 0.6 is 0 Å². The summed E-state index contributed by atoms with van der Waals surface area (Å²) in [5.41, 5.74) is 0. The Kier molecular flexibility index (Phi) is 4.39. The Morgan fingerprint density at radius 1 is 1.21 bits per heavy atom. The van der Waals surface area contributed by atoms with E-state index in [-0.39, 0.29) is 30.4 Å². The maximum atomic E-state index is 12.7. The van der Waals surface area contributed by atoms with Gasteiger partial charge in [-0.15, -0.1) is 0 Å². The van der Waals surface area contributed by atoms with Crippen molar-refractivity contribution in [2.45, 2.75) is 38.1 Å². The molecule has 2 heterocycles. The van der Waals surface area contributed by atoms with Crippen molar-refractivity contribution >= 4 is 11.7 Å². The largest absolute Gasteiger partial charge is 0.396 e. The molecule has 0 spiro atoms. The average Bonchev–Trinajstić information content (AvgIpc) is 3.24. The number of hydrogen-bond acceptors (Lipinski definition) is 5. The zero-order valence-electron chi connectivity index (χ0n) is 14.0. The van der Waals surface area contributed by atoms with Crippen molar-refractivity contribution in [2.75, 3.05) is 24.6 Å². The molecule has 0 aromatic carbocycles. The van der Waals surface area contributed by atoms with Gasteiger partial charge in [-0.25, -0.2) is 4.98 Å². The molecule has 130 valence electrons. The normalized spacial score (nSPS) is 33.0. The molecular formula is C18H26N4O2. The first kappa shape index (κ1) is 15.8. The highest BCUT2D eigenvalue weighted by molar-refractivity contribution is 5.79. The molecule has 6 nitrogen and oxygen atoms in total. The van der Waals surface area contributed by atoms with Crippen molar-refractivity contribution < 1.29 is 9.90 Å². The summed E-state index contributed by atoms with van der Waals surface area (Å²) in [6, 6.07) is 0.194. The number of fused-ring (bicyclic) bond motifs is 2.